The minimum atomic E-state index is 0.311. The first-order valence-corrected chi connectivity index (χ1v) is 6.79. The van der Waals surface area contributed by atoms with E-state index in [4.69, 9.17) is 4.74 Å². The zero-order valence-corrected chi connectivity index (χ0v) is 12.5. The number of phenolic OH excluding ortho intramolecular Hbond substituents is 1. The molecule has 1 aromatic rings. The Kier molecular flexibility index (Phi) is 6.67. The Morgan fingerprint density at radius 2 is 1.95 bits per heavy atom. The van der Waals surface area contributed by atoms with Crippen molar-refractivity contribution in [3.63, 3.8) is 0 Å². The number of hydrogen-bond acceptors (Lipinski definition) is 4. The number of nitrogens with zero attached hydrogens (tertiary/aromatic N) is 2. The van der Waals surface area contributed by atoms with Gasteiger partial charge in [0.15, 0.2) is 0 Å². The van der Waals surface area contributed by atoms with E-state index in [0.29, 0.717) is 11.5 Å². The Bertz CT molecular complexity index is 380. The fourth-order valence-electron chi connectivity index (χ4n) is 2.00. The van der Waals surface area contributed by atoms with Gasteiger partial charge in [0.05, 0.1) is 7.11 Å². The molecule has 0 aromatic heterocycles. The number of benzene rings is 1. The van der Waals surface area contributed by atoms with Crippen LogP contribution < -0.4 is 4.74 Å². The number of ether oxygens (including phenoxy) is 1. The molecular formula is C15H26N2O2. The molecule has 1 N–H and O–H groups in total. The second-order valence-corrected chi connectivity index (χ2v) is 5.02. The highest BCUT2D eigenvalue weighted by atomic mass is 16.5. The third kappa shape index (κ3) is 5.49. The monoisotopic (exact) mass is 266 g/mol. The average Bonchev–Trinajstić information content (AvgIpc) is 2.39. The van der Waals surface area contributed by atoms with Gasteiger partial charge in [-0.05, 0) is 46.2 Å². The first kappa shape index (κ1) is 15.8. The molecule has 0 fully saturated rings. The molecule has 4 heteroatoms. The van der Waals surface area contributed by atoms with Crippen LogP contribution in [-0.4, -0.2) is 55.7 Å². The van der Waals surface area contributed by atoms with Crippen LogP contribution in [0.4, 0.5) is 0 Å². The van der Waals surface area contributed by atoms with Crippen molar-refractivity contribution in [3.8, 4) is 11.5 Å². The molecule has 0 aliphatic heterocycles. The fourth-order valence-corrected chi connectivity index (χ4v) is 2.00. The summed E-state index contributed by atoms with van der Waals surface area (Å²) in [5.74, 6) is 1.00. The van der Waals surface area contributed by atoms with Crippen molar-refractivity contribution < 1.29 is 9.84 Å². The maximum absolute atomic E-state index is 9.97. The smallest absolute Gasteiger partial charge is 0.123 e. The number of rotatable bonds is 8. The molecule has 1 aromatic carbocycles. The van der Waals surface area contributed by atoms with E-state index in [-0.39, 0.29) is 0 Å². The van der Waals surface area contributed by atoms with E-state index < -0.39 is 0 Å². The summed E-state index contributed by atoms with van der Waals surface area (Å²) in [4.78, 5) is 4.53. The molecule has 0 amide bonds. The van der Waals surface area contributed by atoms with E-state index in [1.54, 1.807) is 13.2 Å². The molecule has 0 saturated heterocycles. The van der Waals surface area contributed by atoms with Crippen molar-refractivity contribution in [2.24, 2.45) is 0 Å². The van der Waals surface area contributed by atoms with E-state index in [1.165, 1.54) is 0 Å². The summed E-state index contributed by atoms with van der Waals surface area (Å²) in [6.45, 7) is 6.04. The fraction of sp³-hybridized carbons (Fsp3) is 0.600. The van der Waals surface area contributed by atoms with Crippen molar-refractivity contribution in [2.45, 2.75) is 19.9 Å². The third-order valence-electron chi connectivity index (χ3n) is 3.21. The molecule has 0 bridgehead atoms. The van der Waals surface area contributed by atoms with Crippen LogP contribution >= 0.6 is 0 Å². The van der Waals surface area contributed by atoms with Crippen LogP contribution in [0.15, 0.2) is 18.2 Å². The lowest BCUT2D eigenvalue weighted by Gasteiger charge is -2.22. The van der Waals surface area contributed by atoms with Gasteiger partial charge in [-0.25, -0.2) is 0 Å². The highest BCUT2D eigenvalue weighted by molar-refractivity contribution is 5.39. The van der Waals surface area contributed by atoms with Gasteiger partial charge in [0.2, 0.25) is 0 Å². The van der Waals surface area contributed by atoms with Crippen molar-refractivity contribution in [1.29, 1.82) is 0 Å². The van der Waals surface area contributed by atoms with Crippen LogP contribution in [0.3, 0.4) is 0 Å². The normalized spacial score (nSPS) is 11.3. The SMILES string of the molecule is CCN(CCCN(C)C)Cc1ccc(OC)cc1O. The van der Waals surface area contributed by atoms with Gasteiger partial charge < -0.3 is 14.7 Å². The van der Waals surface area contributed by atoms with E-state index in [1.807, 2.05) is 12.1 Å². The molecule has 19 heavy (non-hydrogen) atoms. The second kappa shape index (κ2) is 8.02. The summed E-state index contributed by atoms with van der Waals surface area (Å²) in [7, 11) is 5.78. The molecule has 4 nitrogen and oxygen atoms in total. The summed E-state index contributed by atoms with van der Waals surface area (Å²) in [6.07, 6.45) is 1.14. The lowest BCUT2D eigenvalue weighted by Crippen LogP contribution is -2.26. The molecule has 0 radical (unpaired) electrons. The molecule has 108 valence electrons. The Morgan fingerprint density at radius 1 is 1.21 bits per heavy atom. The quantitative estimate of drug-likeness (QED) is 0.782. The lowest BCUT2D eigenvalue weighted by atomic mass is 10.1. The molecule has 0 heterocycles. The van der Waals surface area contributed by atoms with Gasteiger partial charge >= 0.3 is 0 Å². The number of hydrogen-bond donors (Lipinski definition) is 1. The summed E-state index contributed by atoms with van der Waals surface area (Å²) in [6, 6.07) is 5.49. The predicted octanol–water partition coefficient (Wildman–Crippen LogP) is 2.17. The van der Waals surface area contributed by atoms with Crippen LogP contribution in [0.5, 0.6) is 11.5 Å². The lowest BCUT2D eigenvalue weighted by molar-refractivity contribution is 0.256. The van der Waals surface area contributed by atoms with E-state index in [9.17, 15) is 5.11 Å². The largest absolute Gasteiger partial charge is 0.507 e. The van der Waals surface area contributed by atoms with E-state index >= 15 is 0 Å². The second-order valence-electron chi connectivity index (χ2n) is 5.02. The van der Waals surface area contributed by atoms with Crippen LogP contribution in [0.2, 0.25) is 0 Å². The maximum atomic E-state index is 9.97. The van der Waals surface area contributed by atoms with E-state index in [0.717, 1.165) is 38.2 Å². The van der Waals surface area contributed by atoms with Crippen LogP contribution in [0.25, 0.3) is 0 Å². The first-order chi connectivity index (χ1) is 9.06. The number of methoxy groups -OCH3 is 1. The summed E-state index contributed by atoms with van der Waals surface area (Å²) < 4.78 is 5.09. The van der Waals surface area contributed by atoms with Crippen molar-refractivity contribution in [3.05, 3.63) is 23.8 Å². The molecule has 0 spiro atoms. The molecule has 0 saturated carbocycles. The van der Waals surface area contributed by atoms with Gasteiger partial charge in [-0.1, -0.05) is 13.0 Å². The van der Waals surface area contributed by atoms with Gasteiger partial charge in [0, 0.05) is 18.2 Å². The van der Waals surface area contributed by atoms with Crippen LogP contribution in [-0.2, 0) is 6.54 Å². The van der Waals surface area contributed by atoms with Crippen LogP contribution in [0.1, 0.15) is 18.9 Å². The minimum Gasteiger partial charge on any atom is -0.507 e. The topological polar surface area (TPSA) is 35.9 Å². The van der Waals surface area contributed by atoms with Gasteiger partial charge in [0.25, 0.3) is 0 Å². The molecule has 0 aliphatic carbocycles. The Labute approximate surface area is 116 Å². The Morgan fingerprint density at radius 3 is 2.47 bits per heavy atom. The van der Waals surface area contributed by atoms with Gasteiger partial charge in [-0.15, -0.1) is 0 Å². The van der Waals surface area contributed by atoms with Crippen molar-refractivity contribution in [1.82, 2.24) is 9.80 Å². The Hall–Kier alpha value is -1.26. The molecule has 0 aliphatic rings. The Balaban J connectivity index is 2.55. The number of aromatic hydroxyl groups is 1. The first-order valence-electron chi connectivity index (χ1n) is 6.79. The summed E-state index contributed by atoms with van der Waals surface area (Å²) in [5, 5.41) is 9.97. The highest BCUT2D eigenvalue weighted by Crippen LogP contribution is 2.24. The zero-order valence-electron chi connectivity index (χ0n) is 12.5. The van der Waals surface area contributed by atoms with Gasteiger partial charge in [0.1, 0.15) is 11.5 Å². The van der Waals surface area contributed by atoms with Crippen molar-refractivity contribution in [2.75, 3.05) is 40.8 Å². The van der Waals surface area contributed by atoms with Crippen molar-refractivity contribution >= 4 is 0 Å². The molecule has 1 rings (SSSR count). The molecule has 0 unspecified atom stereocenters. The maximum Gasteiger partial charge on any atom is 0.123 e. The summed E-state index contributed by atoms with van der Waals surface area (Å²) in [5.41, 5.74) is 0.951. The summed E-state index contributed by atoms with van der Waals surface area (Å²) >= 11 is 0. The van der Waals surface area contributed by atoms with E-state index in [2.05, 4.69) is 30.8 Å². The van der Waals surface area contributed by atoms with Crippen LogP contribution in [0, 0.1) is 0 Å². The molecular weight excluding hydrogens is 240 g/mol. The average molecular weight is 266 g/mol. The van der Waals surface area contributed by atoms with Gasteiger partial charge in [-0.2, -0.15) is 0 Å². The molecule has 0 atom stereocenters. The minimum absolute atomic E-state index is 0.311. The number of phenols is 1. The highest BCUT2D eigenvalue weighted by Gasteiger charge is 2.08. The zero-order chi connectivity index (χ0) is 14.3. The standard InChI is InChI=1S/C15H26N2O2/c1-5-17(10-6-9-16(2)3)12-13-7-8-14(19-4)11-15(13)18/h7-8,11,18H,5-6,9-10,12H2,1-4H3. The predicted molar refractivity (Wildman–Crippen MR) is 78.8 cm³/mol. The third-order valence-corrected chi connectivity index (χ3v) is 3.21. The van der Waals surface area contributed by atoms with Gasteiger partial charge in [-0.3, -0.25) is 4.90 Å².